The van der Waals surface area contributed by atoms with Crippen molar-refractivity contribution in [3.05, 3.63) is 74.6 Å². The largest absolute Gasteiger partial charge is 0.348 e. The molecule has 4 rings (SSSR count). The maximum Gasteiger partial charge on any atom is 0.250 e. The van der Waals surface area contributed by atoms with E-state index in [9.17, 15) is 9.59 Å². The fourth-order valence-corrected chi connectivity index (χ4v) is 4.55. The molecule has 2 aromatic rings. The van der Waals surface area contributed by atoms with Crippen molar-refractivity contribution in [2.75, 3.05) is 13.1 Å². The number of carbonyl (C=O) groups excluding carboxylic acids is 1. The predicted molar refractivity (Wildman–Crippen MR) is 117 cm³/mol. The van der Waals surface area contributed by atoms with Gasteiger partial charge in [-0.1, -0.05) is 34.1 Å². The molecular weight excluding hydrogens is 438 g/mol. The molecule has 1 N–H and O–H groups in total. The Morgan fingerprint density at radius 3 is 2.71 bits per heavy atom. The Bertz CT molecular complexity index is 999. The smallest absolute Gasteiger partial charge is 0.250 e. The van der Waals surface area contributed by atoms with Crippen LogP contribution in [0, 0.1) is 5.92 Å². The number of nitrogens with one attached hydrogen (secondary N) is 1. The van der Waals surface area contributed by atoms with Crippen molar-refractivity contribution in [1.29, 1.82) is 0 Å². The first-order valence-corrected chi connectivity index (χ1v) is 10.4. The van der Waals surface area contributed by atoms with Gasteiger partial charge in [0.1, 0.15) is 0 Å². The number of pyridine rings is 1. The zero-order chi connectivity index (χ0) is 19.7. The van der Waals surface area contributed by atoms with Gasteiger partial charge < -0.3 is 9.47 Å². The Balaban J connectivity index is 1.40. The van der Waals surface area contributed by atoms with Gasteiger partial charge >= 0.3 is 0 Å². The summed E-state index contributed by atoms with van der Waals surface area (Å²) in [6.45, 7) is 2.18. The van der Waals surface area contributed by atoms with Gasteiger partial charge in [0.25, 0.3) is 5.56 Å². The molecule has 1 aromatic heterocycles. The lowest BCUT2D eigenvalue weighted by molar-refractivity contribution is -0.115. The minimum Gasteiger partial charge on any atom is -0.348 e. The summed E-state index contributed by atoms with van der Waals surface area (Å²) in [5.41, 5.74) is 2.08. The number of halogens is 1. The van der Waals surface area contributed by atoms with E-state index in [1.807, 2.05) is 41.0 Å². The van der Waals surface area contributed by atoms with E-state index in [-0.39, 0.29) is 17.4 Å². The molecule has 1 aromatic carbocycles. The normalized spacial score (nSPS) is 20.7. The van der Waals surface area contributed by atoms with Crippen LogP contribution in [0.1, 0.15) is 23.6 Å². The van der Waals surface area contributed by atoms with E-state index in [2.05, 4.69) is 26.1 Å². The van der Waals surface area contributed by atoms with Crippen LogP contribution in [0.15, 0.2) is 57.8 Å². The molecule has 1 saturated heterocycles. The summed E-state index contributed by atoms with van der Waals surface area (Å²) < 4.78 is 2.88. The van der Waals surface area contributed by atoms with E-state index in [1.54, 1.807) is 12.1 Å². The molecule has 0 radical (unpaired) electrons. The van der Waals surface area contributed by atoms with Gasteiger partial charge in [0.05, 0.1) is 0 Å². The van der Waals surface area contributed by atoms with E-state index in [4.69, 9.17) is 12.2 Å². The average Bonchev–Trinajstić information content (AvgIpc) is 2.68. The molecule has 0 aliphatic carbocycles. The van der Waals surface area contributed by atoms with Gasteiger partial charge in [0, 0.05) is 47.9 Å². The third kappa shape index (κ3) is 4.10. The third-order valence-corrected chi connectivity index (χ3v) is 6.18. The first-order chi connectivity index (χ1) is 13.5. The van der Waals surface area contributed by atoms with Crippen molar-refractivity contribution in [3.63, 3.8) is 0 Å². The number of hydrogen-bond donors (Lipinski definition) is 1. The van der Waals surface area contributed by atoms with Crippen molar-refractivity contribution in [2.45, 2.75) is 18.9 Å². The number of amides is 1. The first kappa shape index (κ1) is 19.1. The average molecular weight is 458 g/mol. The van der Waals surface area contributed by atoms with E-state index in [1.165, 1.54) is 6.08 Å². The van der Waals surface area contributed by atoms with Gasteiger partial charge in [-0.15, -0.1) is 0 Å². The van der Waals surface area contributed by atoms with Gasteiger partial charge in [-0.05, 0) is 54.4 Å². The van der Waals surface area contributed by atoms with Gasteiger partial charge in [-0.25, -0.2) is 0 Å². The molecule has 1 amide bonds. The van der Waals surface area contributed by atoms with Crippen molar-refractivity contribution < 1.29 is 4.79 Å². The third-order valence-electron chi connectivity index (χ3n) is 5.29. The minimum absolute atomic E-state index is 0.0645. The molecule has 2 aliphatic heterocycles. The van der Waals surface area contributed by atoms with Crippen LogP contribution in [0.25, 0.3) is 6.08 Å². The summed E-state index contributed by atoms with van der Waals surface area (Å²) in [6.07, 6.45) is 4.31. The highest BCUT2D eigenvalue weighted by Gasteiger charge is 2.35. The molecule has 2 bridgehead atoms. The summed E-state index contributed by atoms with van der Waals surface area (Å²) in [5, 5.41) is 3.26. The van der Waals surface area contributed by atoms with Crippen molar-refractivity contribution in [2.24, 2.45) is 5.92 Å². The fourth-order valence-electron chi connectivity index (χ4n) is 4.03. The van der Waals surface area contributed by atoms with Gasteiger partial charge in [0.2, 0.25) is 5.91 Å². The molecule has 2 aliphatic rings. The zero-order valence-electron chi connectivity index (χ0n) is 15.2. The highest BCUT2D eigenvalue weighted by Crippen LogP contribution is 2.34. The molecule has 7 heteroatoms. The second-order valence-electron chi connectivity index (χ2n) is 7.28. The molecule has 2 atom stereocenters. The highest BCUT2D eigenvalue weighted by atomic mass is 79.9. The van der Waals surface area contributed by atoms with Gasteiger partial charge in [-0.3, -0.25) is 14.9 Å². The predicted octanol–water partition coefficient (Wildman–Crippen LogP) is 3.14. The van der Waals surface area contributed by atoms with Crippen LogP contribution in [-0.4, -0.2) is 33.6 Å². The standard InChI is InChI=1S/C21H20BrN3O2S/c22-17-7-4-14(5-8-17)6-9-19(26)23-21(28)24-11-15-10-16(13-24)18-2-1-3-20(27)25(18)12-15/h1-9,15-16H,10-13H2,(H,23,26,28)/b9-6+/t15-,16?/m0/s1. The van der Waals surface area contributed by atoms with Gasteiger partial charge in [-0.2, -0.15) is 0 Å². The summed E-state index contributed by atoms with van der Waals surface area (Å²) in [7, 11) is 0. The van der Waals surface area contributed by atoms with Crippen molar-refractivity contribution in [3.8, 4) is 0 Å². The fraction of sp³-hybridized carbons (Fsp3) is 0.286. The Labute approximate surface area is 177 Å². The van der Waals surface area contributed by atoms with Crippen molar-refractivity contribution >= 4 is 45.2 Å². The van der Waals surface area contributed by atoms with E-state index in [0.29, 0.717) is 17.6 Å². The van der Waals surface area contributed by atoms with Gasteiger partial charge in [0.15, 0.2) is 5.11 Å². The monoisotopic (exact) mass is 457 g/mol. The Morgan fingerprint density at radius 2 is 1.93 bits per heavy atom. The second kappa shape index (κ2) is 8.01. The number of hydrogen-bond acceptors (Lipinski definition) is 3. The lowest BCUT2D eigenvalue weighted by atomic mass is 9.83. The molecular formula is C21H20BrN3O2S. The van der Waals surface area contributed by atoms with Crippen LogP contribution < -0.4 is 10.9 Å². The number of benzene rings is 1. The molecule has 1 unspecified atom stereocenters. The molecule has 5 nitrogen and oxygen atoms in total. The highest BCUT2D eigenvalue weighted by molar-refractivity contribution is 9.10. The lowest BCUT2D eigenvalue weighted by Gasteiger charge is -2.43. The second-order valence-corrected chi connectivity index (χ2v) is 8.58. The van der Waals surface area contributed by atoms with Crippen LogP contribution >= 0.6 is 28.1 Å². The quantitative estimate of drug-likeness (QED) is 0.555. The maximum atomic E-state index is 12.3. The Morgan fingerprint density at radius 1 is 1.14 bits per heavy atom. The molecule has 28 heavy (non-hydrogen) atoms. The lowest BCUT2D eigenvalue weighted by Crippen LogP contribution is -2.52. The number of likely N-dealkylation sites (tertiary alicyclic amines) is 1. The SMILES string of the molecule is O=C(/C=C/c1ccc(Br)cc1)NC(=S)N1CC2C[C@@H](C1)Cn1c2cccc1=O. The number of aromatic nitrogens is 1. The van der Waals surface area contributed by atoms with Crippen LogP contribution in [0.3, 0.4) is 0 Å². The molecule has 3 heterocycles. The summed E-state index contributed by atoms with van der Waals surface area (Å²) >= 11 is 8.88. The molecule has 144 valence electrons. The molecule has 1 fully saturated rings. The number of rotatable bonds is 2. The zero-order valence-corrected chi connectivity index (χ0v) is 17.6. The Hall–Kier alpha value is -2.25. The van der Waals surface area contributed by atoms with Crippen LogP contribution in [0.4, 0.5) is 0 Å². The molecule has 0 spiro atoms. The maximum absolute atomic E-state index is 12.3. The number of carbonyl (C=O) groups is 1. The Kier molecular flexibility index (Phi) is 5.46. The summed E-state index contributed by atoms with van der Waals surface area (Å²) in [6, 6.07) is 13.2. The number of thiocarbonyl (C=S) groups is 1. The number of fused-ring (bicyclic) bond motifs is 4. The van der Waals surface area contributed by atoms with E-state index in [0.717, 1.165) is 35.2 Å². The topological polar surface area (TPSA) is 54.3 Å². The minimum atomic E-state index is -0.236. The number of piperidine rings is 1. The van der Waals surface area contributed by atoms with Crippen LogP contribution in [0.2, 0.25) is 0 Å². The first-order valence-electron chi connectivity index (χ1n) is 9.23. The van der Waals surface area contributed by atoms with Crippen LogP contribution in [0.5, 0.6) is 0 Å². The summed E-state index contributed by atoms with van der Waals surface area (Å²) in [5.74, 6) is 0.384. The van der Waals surface area contributed by atoms with E-state index < -0.39 is 0 Å². The number of nitrogens with zero attached hydrogens (tertiary/aromatic N) is 2. The van der Waals surface area contributed by atoms with E-state index >= 15 is 0 Å². The summed E-state index contributed by atoms with van der Waals surface area (Å²) in [4.78, 5) is 26.4. The van der Waals surface area contributed by atoms with Crippen molar-refractivity contribution in [1.82, 2.24) is 14.8 Å². The van der Waals surface area contributed by atoms with Crippen LogP contribution in [-0.2, 0) is 11.3 Å². The molecule has 0 saturated carbocycles.